The van der Waals surface area contributed by atoms with E-state index in [1.807, 2.05) is 38.1 Å². The van der Waals surface area contributed by atoms with Gasteiger partial charge < -0.3 is 38.1 Å². The topological polar surface area (TPSA) is 151 Å². The number of carbonyl (C=O) groups is 2. The average Bonchev–Trinajstić information content (AvgIpc) is 3.73. The third kappa shape index (κ3) is 12.1. The van der Waals surface area contributed by atoms with E-state index in [9.17, 15) is 19.8 Å². The Morgan fingerprint density at radius 1 is 0.678 bits per heavy atom. The predicted molar refractivity (Wildman–Crippen MR) is 227 cm³/mol. The Labute approximate surface area is 379 Å². The number of carbonyl (C=O) groups excluding carboxylic acids is 2. The molecule has 0 saturated heterocycles. The summed E-state index contributed by atoms with van der Waals surface area (Å²) >= 11 is 0. The van der Waals surface area contributed by atoms with Crippen LogP contribution >= 0.6 is 0 Å². The molecule has 11 heteroatoms. The van der Waals surface area contributed by atoms with Gasteiger partial charge in [-0.1, -0.05) is 91.8 Å². The second-order valence-electron chi connectivity index (χ2n) is 17.4. The van der Waals surface area contributed by atoms with E-state index >= 15 is 0 Å². The summed E-state index contributed by atoms with van der Waals surface area (Å²) in [6.45, 7) is 20.0. The molecule has 0 bridgehead atoms. The molecule has 2 aliphatic rings. The fraction of sp³-hybridized carbons (Fsp3) is 0.500. The monoisotopic (exact) mass is 832 g/mol. The summed E-state index contributed by atoms with van der Waals surface area (Å²) in [5.41, 5.74) is 6.65. The summed E-state index contributed by atoms with van der Waals surface area (Å²) in [5, 5.41) is 22.9. The molecule has 2 aliphatic carbocycles. The first-order chi connectivity index (χ1) is 27.4. The van der Waals surface area contributed by atoms with Gasteiger partial charge in [0.05, 0.1) is 24.6 Å². The number of aliphatic carboxylic acids is 2. The zero-order valence-electron chi connectivity index (χ0n) is 36.7. The molecule has 4 aromatic rings. The fourth-order valence-corrected chi connectivity index (χ4v) is 7.33. The molecule has 2 aromatic carbocycles. The Hall–Kier alpha value is -3.86. The zero-order chi connectivity index (χ0) is 42.4. The van der Waals surface area contributed by atoms with Crippen LogP contribution in [0.5, 0.6) is 11.5 Å². The fourth-order valence-electron chi connectivity index (χ4n) is 7.33. The molecule has 312 valence electrons. The second-order valence-corrected chi connectivity index (χ2v) is 17.4. The molecule has 0 aliphatic heterocycles. The van der Waals surface area contributed by atoms with Gasteiger partial charge in [-0.3, -0.25) is 0 Å². The number of rotatable bonds is 16. The van der Waals surface area contributed by atoms with Gasteiger partial charge in [-0.05, 0) is 86.8 Å². The number of benzene rings is 2. The summed E-state index contributed by atoms with van der Waals surface area (Å²) in [5.74, 6) is 3.43. The number of fused-ring (bicyclic) bond motifs is 2. The molecule has 2 heterocycles. The first-order valence-electron chi connectivity index (χ1n) is 20.6. The van der Waals surface area contributed by atoms with E-state index in [0.29, 0.717) is 38.9 Å². The van der Waals surface area contributed by atoms with E-state index in [2.05, 4.69) is 61.9 Å². The van der Waals surface area contributed by atoms with Gasteiger partial charge in [-0.25, -0.2) is 9.97 Å². The van der Waals surface area contributed by atoms with E-state index in [4.69, 9.17) is 18.3 Å². The van der Waals surface area contributed by atoms with Crippen LogP contribution in [0, 0.1) is 24.7 Å². The Morgan fingerprint density at radius 3 is 1.37 bits per heavy atom. The Bertz CT molecular complexity index is 2000. The van der Waals surface area contributed by atoms with Gasteiger partial charge in [0, 0.05) is 58.6 Å². The van der Waals surface area contributed by atoms with Crippen molar-refractivity contribution in [1.29, 1.82) is 0 Å². The standard InChI is InChI=1S/2C24H31NO4.Ca/c2*1-15(2)22-25-20(16(3)29-22)12-13-28-21-11-7-9-18-17(8-6-10-19(18)21)14-24(4,5)23(26)27;/h2*7-9,11,15H,6,10,12-14H2,1-5H3,(H,26,27);/q;;+2/p-2. The number of nitrogens with zero attached hydrogens (tertiary/aromatic N) is 2. The largest absolute Gasteiger partial charge is 2.00 e. The van der Waals surface area contributed by atoms with Gasteiger partial charge in [-0.2, -0.15) is 0 Å². The van der Waals surface area contributed by atoms with E-state index < -0.39 is 22.8 Å². The van der Waals surface area contributed by atoms with Crippen molar-refractivity contribution in [2.24, 2.45) is 10.8 Å². The number of ether oxygens (including phenoxy) is 2. The minimum atomic E-state index is -1.03. The van der Waals surface area contributed by atoms with E-state index in [0.717, 1.165) is 105 Å². The molecule has 0 N–H and O–H groups in total. The average molecular weight is 833 g/mol. The SMILES string of the molecule is Cc1oc(C(C)C)nc1CCOc1cccc2c1CCC=C2CC(C)(C)C(=O)[O-].Cc1oc(C(C)C)nc1CCOc1cccc2c1CCC=C2CC(C)(C)C(=O)[O-].[Ca+2]. The minimum absolute atomic E-state index is 0. The molecule has 0 fully saturated rings. The molecule has 0 radical (unpaired) electrons. The van der Waals surface area contributed by atoms with Crippen molar-refractivity contribution in [3.05, 3.63) is 105 Å². The van der Waals surface area contributed by atoms with Crippen LogP contribution < -0.4 is 19.7 Å². The van der Waals surface area contributed by atoms with Gasteiger partial charge in [0.2, 0.25) is 0 Å². The first kappa shape index (κ1) is 47.8. The molecule has 59 heavy (non-hydrogen) atoms. The van der Waals surface area contributed by atoms with Gasteiger partial charge in [0.25, 0.3) is 0 Å². The van der Waals surface area contributed by atoms with Crippen LogP contribution in [-0.4, -0.2) is 72.9 Å². The number of hydrogen-bond acceptors (Lipinski definition) is 10. The maximum absolute atomic E-state index is 11.4. The van der Waals surface area contributed by atoms with Crippen molar-refractivity contribution in [3.63, 3.8) is 0 Å². The molecular formula is C48H60CaN2O8. The first-order valence-corrected chi connectivity index (χ1v) is 20.6. The maximum Gasteiger partial charge on any atom is 2.00 e. The van der Waals surface area contributed by atoms with Crippen LogP contribution in [0.25, 0.3) is 11.1 Å². The molecule has 10 nitrogen and oxygen atoms in total. The van der Waals surface area contributed by atoms with Gasteiger partial charge in [-0.15, -0.1) is 0 Å². The second kappa shape index (κ2) is 20.6. The molecule has 0 saturated carbocycles. The summed E-state index contributed by atoms with van der Waals surface area (Å²) in [6.07, 6.45) is 10.1. The van der Waals surface area contributed by atoms with Crippen LogP contribution in [-0.2, 0) is 35.3 Å². The van der Waals surface area contributed by atoms with Gasteiger partial charge in [0.1, 0.15) is 23.0 Å². The molecule has 0 spiro atoms. The number of carboxylic acid groups (broad SMARTS) is 2. The number of oxazole rings is 2. The van der Waals surface area contributed by atoms with E-state index in [1.54, 1.807) is 27.7 Å². The number of aryl methyl sites for hydroxylation is 2. The zero-order valence-corrected chi connectivity index (χ0v) is 38.9. The van der Waals surface area contributed by atoms with Crippen LogP contribution in [0.2, 0.25) is 0 Å². The van der Waals surface area contributed by atoms with E-state index in [-0.39, 0.29) is 49.6 Å². The van der Waals surface area contributed by atoms with Crippen molar-refractivity contribution in [2.75, 3.05) is 13.2 Å². The third-order valence-electron chi connectivity index (χ3n) is 10.9. The van der Waals surface area contributed by atoms with Crippen LogP contribution in [0.3, 0.4) is 0 Å². The van der Waals surface area contributed by atoms with Crippen molar-refractivity contribution >= 4 is 60.8 Å². The van der Waals surface area contributed by atoms with E-state index in [1.165, 1.54) is 0 Å². The Morgan fingerprint density at radius 2 is 1.05 bits per heavy atom. The molecule has 2 aromatic heterocycles. The van der Waals surface area contributed by atoms with Crippen LogP contribution in [0.1, 0.15) is 150 Å². The minimum Gasteiger partial charge on any atom is -0.550 e. The van der Waals surface area contributed by atoms with Crippen molar-refractivity contribution in [2.45, 2.75) is 132 Å². The van der Waals surface area contributed by atoms with Crippen molar-refractivity contribution in [3.8, 4) is 11.5 Å². The molecule has 0 atom stereocenters. The molecule has 0 amide bonds. The number of carboxylic acids is 2. The molecule has 6 rings (SSSR count). The summed E-state index contributed by atoms with van der Waals surface area (Å²) in [7, 11) is 0. The predicted octanol–water partition coefficient (Wildman–Crippen LogP) is 8.07. The summed E-state index contributed by atoms with van der Waals surface area (Å²) in [6, 6.07) is 12.0. The summed E-state index contributed by atoms with van der Waals surface area (Å²) in [4.78, 5) is 32.0. The van der Waals surface area contributed by atoms with Crippen LogP contribution in [0.4, 0.5) is 0 Å². The Balaban J connectivity index is 0.000000256. The van der Waals surface area contributed by atoms with Gasteiger partial charge >= 0.3 is 37.7 Å². The van der Waals surface area contributed by atoms with Crippen molar-refractivity contribution in [1.82, 2.24) is 9.97 Å². The molecule has 0 unspecified atom stereocenters. The third-order valence-corrected chi connectivity index (χ3v) is 10.9. The molecular weight excluding hydrogens is 773 g/mol. The maximum atomic E-state index is 11.4. The number of hydrogen-bond donors (Lipinski definition) is 0. The van der Waals surface area contributed by atoms with Gasteiger partial charge in [0.15, 0.2) is 11.8 Å². The smallest absolute Gasteiger partial charge is 0.550 e. The van der Waals surface area contributed by atoms with Crippen molar-refractivity contribution < 1.29 is 38.1 Å². The number of aromatic nitrogens is 2. The number of allylic oxidation sites excluding steroid dienone is 4. The quantitative estimate of drug-likeness (QED) is 0.101. The summed E-state index contributed by atoms with van der Waals surface area (Å²) < 4.78 is 23.7. The normalized spacial score (nSPS) is 13.7. The Kier molecular flexibility index (Phi) is 16.7. The van der Waals surface area contributed by atoms with Crippen LogP contribution in [0.15, 0.2) is 57.4 Å².